The molecule has 0 bridgehead atoms. The van der Waals surface area contributed by atoms with Crippen molar-refractivity contribution in [2.75, 3.05) is 24.9 Å². The van der Waals surface area contributed by atoms with Crippen LogP contribution in [0.4, 0.5) is 10.1 Å². The lowest BCUT2D eigenvalue weighted by Crippen LogP contribution is -2.45. The van der Waals surface area contributed by atoms with E-state index in [2.05, 4.69) is 21.2 Å². The molecule has 1 N–H and O–H groups in total. The zero-order valence-electron chi connectivity index (χ0n) is 14.3. The molecule has 9 heteroatoms. The van der Waals surface area contributed by atoms with E-state index in [1.54, 1.807) is 36.4 Å². The standard InChI is InChI=1S/C17H19BrFN3O3S/c1-21(2)26(24,25)22(16-6-4-3-5-15(16)18)12-17(23)20-11-13-7-9-14(19)10-8-13/h3-10H,11-12H2,1-2H3,(H,20,23). The van der Waals surface area contributed by atoms with Gasteiger partial charge >= 0.3 is 10.2 Å². The van der Waals surface area contributed by atoms with E-state index in [1.807, 2.05) is 0 Å². The van der Waals surface area contributed by atoms with Crippen molar-refractivity contribution in [3.63, 3.8) is 0 Å². The van der Waals surface area contributed by atoms with Crippen LogP contribution in [0.15, 0.2) is 53.0 Å². The van der Waals surface area contributed by atoms with Gasteiger partial charge in [-0.1, -0.05) is 24.3 Å². The van der Waals surface area contributed by atoms with Crippen molar-refractivity contribution in [2.24, 2.45) is 0 Å². The second-order valence-corrected chi connectivity index (χ2v) is 8.57. The highest BCUT2D eigenvalue weighted by molar-refractivity contribution is 9.10. The number of carbonyl (C=O) groups excluding carboxylic acids is 1. The van der Waals surface area contributed by atoms with E-state index in [9.17, 15) is 17.6 Å². The highest BCUT2D eigenvalue weighted by atomic mass is 79.9. The van der Waals surface area contributed by atoms with Crippen LogP contribution in [0.5, 0.6) is 0 Å². The van der Waals surface area contributed by atoms with Gasteiger partial charge in [-0.15, -0.1) is 0 Å². The third-order valence-corrected chi connectivity index (χ3v) is 6.03. The van der Waals surface area contributed by atoms with Crippen LogP contribution in [0.25, 0.3) is 0 Å². The number of hydrogen-bond donors (Lipinski definition) is 1. The van der Waals surface area contributed by atoms with Gasteiger partial charge < -0.3 is 5.32 Å². The number of para-hydroxylation sites is 1. The summed E-state index contributed by atoms with van der Waals surface area (Å²) in [6.45, 7) is -0.213. The normalized spacial score (nSPS) is 11.4. The summed E-state index contributed by atoms with van der Waals surface area (Å²) in [4.78, 5) is 12.3. The van der Waals surface area contributed by atoms with Crippen molar-refractivity contribution in [3.8, 4) is 0 Å². The van der Waals surface area contributed by atoms with E-state index in [-0.39, 0.29) is 18.9 Å². The smallest absolute Gasteiger partial charge is 0.304 e. The number of amides is 1. The van der Waals surface area contributed by atoms with Gasteiger partial charge in [0.1, 0.15) is 12.4 Å². The minimum absolute atomic E-state index is 0.172. The Morgan fingerprint density at radius 1 is 1.12 bits per heavy atom. The Balaban J connectivity index is 2.17. The lowest BCUT2D eigenvalue weighted by molar-refractivity contribution is -0.119. The number of halogens is 2. The number of anilines is 1. The molecule has 1 amide bonds. The lowest BCUT2D eigenvalue weighted by Gasteiger charge is -2.27. The summed E-state index contributed by atoms with van der Waals surface area (Å²) < 4.78 is 40.8. The van der Waals surface area contributed by atoms with Crippen LogP contribution in [0.2, 0.25) is 0 Å². The van der Waals surface area contributed by atoms with Crippen molar-refractivity contribution in [1.29, 1.82) is 0 Å². The predicted molar refractivity (Wildman–Crippen MR) is 102 cm³/mol. The molecule has 0 saturated carbocycles. The molecule has 26 heavy (non-hydrogen) atoms. The summed E-state index contributed by atoms with van der Waals surface area (Å²) in [6, 6.07) is 12.5. The summed E-state index contributed by atoms with van der Waals surface area (Å²) >= 11 is 3.32. The van der Waals surface area contributed by atoms with Crippen LogP contribution in [0.1, 0.15) is 5.56 Å². The maximum absolute atomic E-state index is 12.9. The molecule has 0 fully saturated rings. The van der Waals surface area contributed by atoms with E-state index in [0.29, 0.717) is 15.7 Å². The average Bonchev–Trinajstić information content (AvgIpc) is 2.59. The minimum atomic E-state index is -3.87. The maximum atomic E-state index is 12.9. The van der Waals surface area contributed by atoms with Crippen LogP contribution in [-0.2, 0) is 21.5 Å². The molecule has 2 aromatic carbocycles. The lowest BCUT2D eigenvalue weighted by atomic mass is 10.2. The van der Waals surface area contributed by atoms with Crippen molar-refractivity contribution >= 4 is 37.7 Å². The molecule has 140 valence electrons. The monoisotopic (exact) mass is 443 g/mol. The summed E-state index contributed by atoms with van der Waals surface area (Å²) in [5.41, 5.74) is 1.07. The Morgan fingerprint density at radius 2 is 1.73 bits per heavy atom. The maximum Gasteiger partial charge on any atom is 0.304 e. The number of hydrogen-bond acceptors (Lipinski definition) is 3. The van der Waals surface area contributed by atoms with E-state index in [1.165, 1.54) is 26.2 Å². The summed E-state index contributed by atoms with van der Waals surface area (Å²) in [5, 5.41) is 2.65. The quantitative estimate of drug-likeness (QED) is 0.714. The van der Waals surface area contributed by atoms with Crippen LogP contribution in [0, 0.1) is 5.82 Å². The molecule has 0 aromatic heterocycles. The number of benzene rings is 2. The van der Waals surface area contributed by atoms with Crippen LogP contribution < -0.4 is 9.62 Å². The zero-order valence-corrected chi connectivity index (χ0v) is 16.7. The van der Waals surface area contributed by atoms with Crippen LogP contribution in [-0.4, -0.2) is 39.3 Å². The van der Waals surface area contributed by atoms with Gasteiger partial charge in [0.2, 0.25) is 5.91 Å². The number of nitrogens with one attached hydrogen (secondary N) is 1. The van der Waals surface area contributed by atoms with Gasteiger partial charge in [0, 0.05) is 25.1 Å². The van der Waals surface area contributed by atoms with Gasteiger partial charge in [0.05, 0.1) is 5.69 Å². The number of carbonyl (C=O) groups is 1. The fourth-order valence-corrected chi connectivity index (χ4v) is 3.83. The number of rotatable bonds is 7. The van der Waals surface area contributed by atoms with Crippen molar-refractivity contribution in [3.05, 3.63) is 64.4 Å². The van der Waals surface area contributed by atoms with Gasteiger partial charge in [0.15, 0.2) is 0 Å². The summed E-state index contributed by atoms with van der Waals surface area (Å²) in [5.74, 6) is -0.840. The molecule has 0 spiro atoms. The van der Waals surface area contributed by atoms with E-state index in [4.69, 9.17) is 0 Å². The Kier molecular flexibility index (Phi) is 6.74. The Morgan fingerprint density at radius 3 is 2.31 bits per heavy atom. The van der Waals surface area contributed by atoms with Gasteiger partial charge in [-0.3, -0.25) is 4.79 Å². The van der Waals surface area contributed by atoms with Gasteiger partial charge in [-0.2, -0.15) is 12.7 Å². The first-order chi connectivity index (χ1) is 12.2. The van der Waals surface area contributed by atoms with E-state index in [0.717, 1.165) is 8.61 Å². The van der Waals surface area contributed by atoms with Gasteiger partial charge in [-0.25, -0.2) is 8.70 Å². The Labute approximate surface area is 160 Å². The molecule has 0 aliphatic carbocycles. The molecule has 0 saturated heterocycles. The second-order valence-electron chi connectivity index (χ2n) is 5.65. The van der Waals surface area contributed by atoms with E-state index >= 15 is 0 Å². The number of nitrogens with zero attached hydrogens (tertiary/aromatic N) is 2. The molecule has 0 aliphatic heterocycles. The molecule has 0 aliphatic rings. The Bertz CT molecular complexity index is 873. The first kappa shape index (κ1) is 20.3. The Hall–Kier alpha value is -1.97. The fraction of sp³-hybridized carbons (Fsp3) is 0.235. The molecule has 0 heterocycles. The summed E-state index contributed by atoms with van der Waals surface area (Å²) in [6.07, 6.45) is 0. The van der Waals surface area contributed by atoms with Crippen LogP contribution in [0.3, 0.4) is 0 Å². The molecular formula is C17H19BrFN3O3S. The molecular weight excluding hydrogens is 425 g/mol. The molecule has 6 nitrogen and oxygen atoms in total. The van der Waals surface area contributed by atoms with E-state index < -0.39 is 16.1 Å². The van der Waals surface area contributed by atoms with Crippen LogP contribution >= 0.6 is 15.9 Å². The highest BCUT2D eigenvalue weighted by Crippen LogP contribution is 2.28. The predicted octanol–water partition coefficient (Wildman–Crippen LogP) is 2.52. The SMILES string of the molecule is CN(C)S(=O)(=O)N(CC(=O)NCc1ccc(F)cc1)c1ccccc1Br. The fourth-order valence-electron chi connectivity index (χ4n) is 2.13. The second kappa shape index (κ2) is 8.61. The zero-order chi connectivity index (χ0) is 19.3. The molecule has 2 aromatic rings. The van der Waals surface area contributed by atoms with Crippen molar-refractivity contribution in [2.45, 2.75) is 6.54 Å². The third-order valence-electron chi connectivity index (χ3n) is 3.55. The minimum Gasteiger partial charge on any atom is -0.350 e. The molecule has 0 radical (unpaired) electrons. The van der Waals surface area contributed by atoms with Gasteiger partial charge in [0.25, 0.3) is 0 Å². The topological polar surface area (TPSA) is 69.7 Å². The van der Waals surface area contributed by atoms with Crippen molar-refractivity contribution in [1.82, 2.24) is 9.62 Å². The first-order valence-corrected chi connectivity index (χ1v) is 9.86. The first-order valence-electron chi connectivity index (χ1n) is 7.67. The van der Waals surface area contributed by atoms with Gasteiger partial charge in [-0.05, 0) is 45.8 Å². The largest absolute Gasteiger partial charge is 0.350 e. The molecule has 2 rings (SSSR count). The third kappa shape index (κ3) is 5.03. The summed E-state index contributed by atoms with van der Waals surface area (Å²) in [7, 11) is -1.08. The highest BCUT2D eigenvalue weighted by Gasteiger charge is 2.28. The van der Waals surface area contributed by atoms with Crippen molar-refractivity contribution < 1.29 is 17.6 Å². The molecule has 0 atom stereocenters. The molecule has 0 unspecified atom stereocenters. The average molecular weight is 444 g/mol.